The van der Waals surface area contributed by atoms with Crippen LogP contribution in [0.1, 0.15) is 12.2 Å². The molecular formula is C17H15Cl2N5O. The van der Waals surface area contributed by atoms with Gasteiger partial charge in [-0.3, -0.25) is 5.43 Å². The molecule has 128 valence electrons. The highest BCUT2D eigenvalue weighted by molar-refractivity contribution is 6.37. The van der Waals surface area contributed by atoms with Crippen molar-refractivity contribution in [1.29, 1.82) is 0 Å². The Morgan fingerprint density at radius 1 is 1.12 bits per heavy atom. The molecule has 6 nitrogen and oxygen atoms in total. The lowest BCUT2D eigenvalue weighted by Gasteiger charge is -2.12. The first kappa shape index (κ1) is 17.4. The van der Waals surface area contributed by atoms with Crippen molar-refractivity contribution in [1.82, 2.24) is 14.5 Å². The highest BCUT2D eigenvalue weighted by Gasteiger charge is 2.14. The van der Waals surface area contributed by atoms with Crippen LogP contribution in [-0.2, 0) is 0 Å². The number of hydrogen-bond donors (Lipinski definition) is 2. The Balaban J connectivity index is 0.000000213. The summed E-state index contributed by atoms with van der Waals surface area (Å²) >= 11 is 12.1. The topological polar surface area (TPSA) is 85.8 Å². The molecule has 0 radical (unpaired) electrons. The zero-order valence-corrected chi connectivity index (χ0v) is 14.8. The Kier molecular flexibility index (Phi) is 5.03. The zero-order chi connectivity index (χ0) is 18.0. The van der Waals surface area contributed by atoms with Crippen molar-refractivity contribution in [2.45, 2.75) is 13.3 Å². The number of aromatic nitrogens is 3. The standard InChI is InChI=1S/C10H9Cl2N5O.C7H6/c1-5-14-9(16-13)15-10(18)17(5)8-6(11)3-2-4-7(8)12;1-2-7-4-3-6(1)5-7/h2-4H,13H2,1H3,(H,15,16,18);1-4H,5H2. The number of halogens is 2. The summed E-state index contributed by atoms with van der Waals surface area (Å²) in [5, 5.41) is 0.675. The number of benzene rings is 1. The zero-order valence-electron chi connectivity index (χ0n) is 13.3. The number of rotatable bonds is 2. The van der Waals surface area contributed by atoms with E-state index in [1.165, 1.54) is 22.1 Å². The van der Waals surface area contributed by atoms with Gasteiger partial charge in [-0.25, -0.2) is 15.2 Å². The maximum atomic E-state index is 11.9. The SMILES string of the molecule is C1=CC2=CC=C1C2.Cc1nc(NN)nc(=O)n1-c1c(Cl)cccc1Cl. The van der Waals surface area contributed by atoms with Crippen molar-refractivity contribution < 1.29 is 0 Å². The molecular weight excluding hydrogens is 361 g/mol. The fourth-order valence-corrected chi connectivity index (χ4v) is 3.11. The largest absolute Gasteiger partial charge is 0.357 e. The van der Waals surface area contributed by atoms with Crippen LogP contribution >= 0.6 is 23.2 Å². The lowest BCUT2D eigenvalue weighted by atomic mass is 10.3. The maximum Gasteiger partial charge on any atom is 0.357 e. The average molecular weight is 376 g/mol. The van der Waals surface area contributed by atoms with Crippen LogP contribution in [0.5, 0.6) is 0 Å². The van der Waals surface area contributed by atoms with Crippen LogP contribution in [0.3, 0.4) is 0 Å². The van der Waals surface area contributed by atoms with Gasteiger partial charge in [0.15, 0.2) is 0 Å². The van der Waals surface area contributed by atoms with E-state index in [1.807, 2.05) is 0 Å². The van der Waals surface area contributed by atoms with Crippen molar-refractivity contribution >= 4 is 29.2 Å². The summed E-state index contributed by atoms with van der Waals surface area (Å²) in [4.78, 5) is 19.6. The molecule has 1 heterocycles. The summed E-state index contributed by atoms with van der Waals surface area (Å²) in [6.45, 7) is 1.63. The third kappa shape index (κ3) is 3.66. The number of fused-ring (bicyclic) bond motifs is 2. The molecule has 1 aromatic heterocycles. The number of hydrazine groups is 1. The Morgan fingerprint density at radius 2 is 1.72 bits per heavy atom. The second-order valence-corrected chi connectivity index (χ2v) is 6.23. The van der Waals surface area contributed by atoms with E-state index in [4.69, 9.17) is 29.0 Å². The monoisotopic (exact) mass is 375 g/mol. The van der Waals surface area contributed by atoms with Gasteiger partial charge in [0.1, 0.15) is 5.82 Å². The van der Waals surface area contributed by atoms with E-state index in [2.05, 4.69) is 39.7 Å². The quantitative estimate of drug-likeness (QED) is 0.620. The van der Waals surface area contributed by atoms with Crippen molar-refractivity contribution in [3.05, 3.63) is 80.0 Å². The summed E-state index contributed by atoms with van der Waals surface area (Å²) < 4.78 is 1.23. The maximum absolute atomic E-state index is 11.9. The molecule has 25 heavy (non-hydrogen) atoms. The fraction of sp³-hybridized carbons (Fsp3) is 0.118. The molecule has 2 aromatic rings. The van der Waals surface area contributed by atoms with Gasteiger partial charge in [-0.1, -0.05) is 53.6 Å². The first-order chi connectivity index (χ1) is 12.0. The molecule has 8 heteroatoms. The van der Waals surface area contributed by atoms with Crippen molar-refractivity contribution in [3.63, 3.8) is 0 Å². The van der Waals surface area contributed by atoms with Gasteiger partial charge in [0, 0.05) is 0 Å². The highest BCUT2D eigenvalue weighted by atomic mass is 35.5. The first-order valence-corrected chi connectivity index (χ1v) is 8.21. The minimum Gasteiger partial charge on any atom is -0.292 e. The molecule has 3 N–H and O–H groups in total. The Morgan fingerprint density at radius 3 is 2.12 bits per heavy atom. The number of nitrogens with two attached hydrogens (primary N) is 1. The molecule has 0 unspecified atom stereocenters. The predicted octanol–water partition coefficient (Wildman–Crippen LogP) is 3.34. The molecule has 4 rings (SSSR count). The Hall–Kier alpha value is -2.41. The van der Waals surface area contributed by atoms with Crippen LogP contribution in [0.2, 0.25) is 10.0 Å². The summed E-state index contributed by atoms with van der Waals surface area (Å²) in [5.74, 6) is 5.57. The van der Waals surface area contributed by atoms with Crippen molar-refractivity contribution in [2.24, 2.45) is 5.84 Å². The molecule has 2 aliphatic rings. The van der Waals surface area contributed by atoms with Gasteiger partial charge in [-0.15, -0.1) is 0 Å². The number of allylic oxidation sites excluding steroid dienone is 6. The van der Waals surface area contributed by atoms with E-state index in [0.717, 1.165) is 0 Å². The molecule has 0 fully saturated rings. The van der Waals surface area contributed by atoms with Crippen LogP contribution in [0, 0.1) is 6.92 Å². The van der Waals surface area contributed by atoms with Crippen LogP contribution in [0.4, 0.5) is 5.95 Å². The minimum atomic E-state index is -0.564. The Labute approximate surface area is 154 Å². The summed E-state index contributed by atoms with van der Waals surface area (Å²) in [6, 6.07) is 4.94. The molecule has 2 bridgehead atoms. The molecule has 0 aliphatic heterocycles. The van der Waals surface area contributed by atoms with Gasteiger partial charge in [0.25, 0.3) is 0 Å². The van der Waals surface area contributed by atoms with Gasteiger partial charge in [-0.2, -0.15) is 9.97 Å². The van der Waals surface area contributed by atoms with Gasteiger partial charge < -0.3 is 0 Å². The molecule has 0 saturated heterocycles. The normalized spacial score (nSPS) is 13.9. The van der Waals surface area contributed by atoms with Crippen molar-refractivity contribution in [3.8, 4) is 5.69 Å². The minimum absolute atomic E-state index is 0.0388. The number of hydrogen-bond acceptors (Lipinski definition) is 5. The molecule has 0 amide bonds. The molecule has 0 spiro atoms. The molecule has 0 saturated carbocycles. The first-order valence-electron chi connectivity index (χ1n) is 7.46. The van der Waals surface area contributed by atoms with Crippen LogP contribution in [-0.4, -0.2) is 14.5 Å². The van der Waals surface area contributed by atoms with Crippen LogP contribution in [0.25, 0.3) is 5.69 Å². The average Bonchev–Trinajstić information content (AvgIpc) is 3.23. The van der Waals surface area contributed by atoms with E-state index < -0.39 is 5.69 Å². The second-order valence-electron chi connectivity index (χ2n) is 5.42. The number of nitrogens with zero attached hydrogens (tertiary/aromatic N) is 3. The van der Waals surface area contributed by atoms with E-state index in [1.54, 1.807) is 25.1 Å². The van der Waals surface area contributed by atoms with Gasteiger partial charge in [-0.05, 0) is 36.6 Å². The summed E-state index contributed by atoms with van der Waals surface area (Å²) in [6.07, 6.45) is 9.90. The van der Waals surface area contributed by atoms with Crippen LogP contribution in [0.15, 0.2) is 58.4 Å². The van der Waals surface area contributed by atoms with E-state index in [-0.39, 0.29) is 5.95 Å². The van der Waals surface area contributed by atoms with Crippen LogP contribution < -0.4 is 17.0 Å². The van der Waals surface area contributed by atoms with E-state index in [0.29, 0.717) is 21.6 Å². The lowest BCUT2D eigenvalue weighted by Crippen LogP contribution is -2.28. The third-order valence-corrected chi connectivity index (χ3v) is 4.32. The smallest absolute Gasteiger partial charge is 0.292 e. The van der Waals surface area contributed by atoms with Gasteiger partial charge in [0.05, 0.1) is 15.7 Å². The lowest BCUT2D eigenvalue weighted by molar-refractivity contribution is 0.811. The van der Waals surface area contributed by atoms with E-state index in [9.17, 15) is 4.79 Å². The highest BCUT2D eigenvalue weighted by Crippen LogP contribution is 2.28. The Bertz CT molecular complexity index is 935. The number of nitrogen functional groups attached to an aromatic ring is 1. The fourth-order valence-electron chi connectivity index (χ4n) is 2.54. The number of nitrogens with one attached hydrogen (secondary N) is 1. The van der Waals surface area contributed by atoms with E-state index >= 15 is 0 Å². The number of aryl methyl sites for hydroxylation is 1. The second kappa shape index (κ2) is 7.23. The number of para-hydroxylation sites is 1. The van der Waals surface area contributed by atoms with Gasteiger partial charge in [0.2, 0.25) is 5.95 Å². The number of anilines is 1. The molecule has 0 atom stereocenters. The van der Waals surface area contributed by atoms with Crippen molar-refractivity contribution in [2.75, 3.05) is 5.43 Å². The van der Waals surface area contributed by atoms with Gasteiger partial charge >= 0.3 is 5.69 Å². The third-order valence-electron chi connectivity index (χ3n) is 3.71. The molecule has 1 aromatic carbocycles. The summed E-state index contributed by atoms with van der Waals surface area (Å²) in [5.41, 5.74) is 4.94. The summed E-state index contributed by atoms with van der Waals surface area (Å²) in [7, 11) is 0. The molecule has 2 aliphatic carbocycles. The predicted molar refractivity (Wildman–Crippen MR) is 100 cm³/mol.